The number of hydrogen-bond acceptors (Lipinski definition) is 3. The summed E-state index contributed by atoms with van der Waals surface area (Å²) in [5, 5.41) is 11.5. The molecule has 19 heavy (non-hydrogen) atoms. The SMILES string of the molecule is O=C(O)CC1CCC(C(=O)Nc2ccccn2)CC1. The highest BCUT2D eigenvalue weighted by atomic mass is 16.4. The van der Waals surface area contributed by atoms with Gasteiger partial charge in [0, 0.05) is 18.5 Å². The molecule has 5 nitrogen and oxygen atoms in total. The molecule has 0 aliphatic heterocycles. The van der Waals surface area contributed by atoms with Crippen LogP contribution in [-0.2, 0) is 9.59 Å². The monoisotopic (exact) mass is 262 g/mol. The summed E-state index contributed by atoms with van der Waals surface area (Å²) in [5.74, 6) is 0.0115. The van der Waals surface area contributed by atoms with E-state index in [1.165, 1.54) is 0 Å². The molecule has 1 fully saturated rings. The Kier molecular flexibility index (Phi) is 4.49. The summed E-state index contributed by atoms with van der Waals surface area (Å²) in [6.45, 7) is 0. The molecular weight excluding hydrogens is 244 g/mol. The van der Waals surface area contributed by atoms with Gasteiger partial charge in [0.2, 0.25) is 5.91 Å². The molecule has 2 rings (SSSR count). The van der Waals surface area contributed by atoms with Crippen molar-refractivity contribution in [2.45, 2.75) is 32.1 Å². The van der Waals surface area contributed by atoms with E-state index in [4.69, 9.17) is 5.11 Å². The Bertz CT molecular complexity index is 439. The van der Waals surface area contributed by atoms with E-state index >= 15 is 0 Å². The largest absolute Gasteiger partial charge is 0.481 e. The maximum Gasteiger partial charge on any atom is 0.303 e. The maximum absolute atomic E-state index is 12.0. The first kappa shape index (κ1) is 13.5. The summed E-state index contributed by atoms with van der Waals surface area (Å²) in [7, 11) is 0. The van der Waals surface area contributed by atoms with Gasteiger partial charge in [0.1, 0.15) is 5.82 Å². The summed E-state index contributed by atoms with van der Waals surface area (Å²) in [5.41, 5.74) is 0. The zero-order chi connectivity index (χ0) is 13.7. The first-order chi connectivity index (χ1) is 9.15. The van der Waals surface area contributed by atoms with Gasteiger partial charge in [-0.1, -0.05) is 6.07 Å². The number of carboxylic acids is 1. The highest BCUT2D eigenvalue weighted by Gasteiger charge is 2.27. The molecule has 5 heteroatoms. The van der Waals surface area contributed by atoms with Gasteiger partial charge >= 0.3 is 5.97 Å². The third-order valence-corrected chi connectivity index (χ3v) is 3.60. The van der Waals surface area contributed by atoms with E-state index in [1.54, 1.807) is 18.3 Å². The van der Waals surface area contributed by atoms with Crippen LogP contribution in [0.4, 0.5) is 5.82 Å². The molecule has 0 atom stereocenters. The third-order valence-electron chi connectivity index (χ3n) is 3.60. The molecule has 0 spiro atoms. The third kappa shape index (κ3) is 4.05. The van der Waals surface area contributed by atoms with Crippen LogP contribution < -0.4 is 5.32 Å². The standard InChI is InChI=1S/C14H18N2O3/c17-13(18)9-10-4-6-11(7-5-10)14(19)16-12-3-1-2-8-15-12/h1-3,8,10-11H,4-7,9H2,(H,17,18)(H,15,16,19). The van der Waals surface area contributed by atoms with Gasteiger partial charge in [0.05, 0.1) is 0 Å². The quantitative estimate of drug-likeness (QED) is 0.872. The van der Waals surface area contributed by atoms with Gasteiger partial charge in [0.25, 0.3) is 0 Å². The van der Waals surface area contributed by atoms with Crippen molar-refractivity contribution in [3.63, 3.8) is 0 Å². The molecule has 1 aliphatic rings. The molecule has 1 aromatic heterocycles. The van der Waals surface area contributed by atoms with Gasteiger partial charge in [0.15, 0.2) is 0 Å². The lowest BCUT2D eigenvalue weighted by atomic mass is 9.80. The number of aliphatic carboxylic acids is 1. The second kappa shape index (κ2) is 6.31. The normalized spacial score (nSPS) is 22.7. The fourth-order valence-corrected chi connectivity index (χ4v) is 2.54. The molecule has 1 aromatic rings. The first-order valence-electron chi connectivity index (χ1n) is 6.59. The average molecular weight is 262 g/mol. The Morgan fingerprint density at radius 1 is 1.26 bits per heavy atom. The molecule has 1 saturated carbocycles. The van der Waals surface area contributed by atoms with E-state index in [9.17, 15) is 9.59 Å². The molecule has 2 N–H and O–H groups in total. The highest BCUT2D eigenvalue weighted by Crippen LogP contribution is 2.31. The van der Waals surface area contributed by atoms with Gasteiger partial charge in [-0.15, -0.1) is 0 Å². The number of anilines is 1. The number of rotatable bonds is 4. The predicted octanol–water partition coefficient (Wildman–Crippen LogP) is 2.30. The number of pyridine rings is 1. The number of nitrogens with one attached hydrogen (secondary N) is 1. The second-order valence-corrected chi connectivity index (χ2v) is 5.02. The van der Waals surface area contributed by atoms with Crippen LogP contribution in [-0.4, -0.2) is 22.0 Å². The fourth-order valence-electron chi connectivity index (χ4n) is 2.54. The zero-order valence-corrected chi connectivity index (χ0v) is 10.7. The zero-order valence-electron chi connectivity index (χ0n) is 10.7. The molecule has 0 aromatic carbocycles. The number of nitrogens with zero attached hydrogens (tertiary/aromatic N) is 1. The number of aromatic nitrogens is 1. The first-order valence-corrected chi connectivity index (χ1v) is 6.59. The van der Waals surface area contributed by atoms with Crippen molar-refractivity contribution in [2.24, 2.45) is 11.8 Å². The van der Waals surface area contributed by atoms with E-state index in [0.29, 0.717) is 5.82 Å². The topological polar surface area (TPSA) is 79.3 Å². The number of amides is 1. The maximum atomic E-state index is 12.0. The Balaban J connectivity index is 1.81. The van der Waals surface area contributed by atoms with E-state index in [0.717, 1.165) is 25.7 Å². The van der Waals surface area contributed by atoms with Gasteiger partial charge in [-0.3, -0.25) is 9.59 Å². The van der Waals surface area contributed by atoms with Crippen molar-refractivity contribution in [1.82, 2.24) is 4.98 Å². The van der Waals surface area contributed by atoms with Gasteiger partial charge < -0.3 is 10.4 Å². The van der Waals surface area contributed by atoms with Crippen molar-refractivity contribution in [3.05, 3.63) is 24.4 Å². The lowest BCUT2D eigenvalue weighted by Crippen LogP contribution is -2.28. The lowest BCUT2D eigenvalue weighted by Gasteiger charge is -2.26. The van der Waals surface area contributed by atoms with Crippen LogP contribution in [0, 0.1) is 11.8 Å². The van der Waals surface area contributed by atoms with E-state index in [-0.39, 0.29) is 24.2 Å². The van der Waals surface area contributed by atoms with Crippen molar-refractivity contribution in [3.8, 4) is 0 Å². The molecule has 0 radical (unpaired) electrons. The summed E-state index contributed by atoms with van der Waals surface area (Å²) < 4.78 is 0. The summed E-state index contributed by atoms with van der Waals surface area (Å²) in [6.07, 6.45) is 5.00. The Morgan fingerprint density at radius 3 is 2.58 bits per heavy atom. The van der Waals surface area contributed by atoms with Crippen LogP contribution in [0.3, 0.4) is 0 Å². The van der Waals surface area contributed by atoms with Crippen molar-refractivity contribution in [1.29, 1.82) is 0 Å². The molecule has 0 saturated heterocycles. The minimum absolute atomic E-state index is 0.00697. The smallest absolute Gasteiger partial charge is 0.303 e. The number of carbonyl (C=O) groups excluding carboxylic acids is 1. The Morgan fingerprint density at radius 2 is 2.00 bits per heavy atom. The summed E-state index contributed by atoms with van der Waals surface area (Å²) in [6, 6.07) is 5.38. The average Bonchev–Trinajstić information content (AvgIpc) is 2.40. The van der Waals surface area contributed by atoms with Crippen LogP contribution in [0.2, 0.25) is 0 Å². The van der Waals surface area contributed by atoms with E-state index in [1.807, 2.05) is 6.07 Å². The lowest BCUT2D eigenvalue weighted by molar-refractivity contribution is -0.138. The number of carboxylic acid groups (broad SMARTS) is 1. The molecule has 1 heterocycles. The molecule has 102 valence electrons. The molecule has 0 bridgehead atoms. The van der Waals surface area contributed by atoms with Crippen molar-refractivity contribution < 1.29 is 14.7 Å². The minimum Gasteiger partial charge on any atom is -0.481 e. The van der Waals surface area contributed by atoms with Crippen molar-refractivity contribution in [2.75, 3.05) is 5.32 Å². The van der Waals surface area contributed by atoms with Gasteiger partial charge in [-0.25, -0.2) is 4.98 Å². The number of carbonyl (C=O) groups is 2. The Hall–Kier alpha value is -1.91. The van der Waals surface area contributed by atoms with Crippen LogP contribution in [0.25, 0.3) is 0 Å². The predicted molar refractivity (Wildman–Crippen MR) is 70.6 cm³/mol. The summed E-state index contributed by atoms with van der Waals surface area (Å²) >= 11 is 0. The molecule has 1 aliphatic carbocycles. The fraction of sp³-hybridized carbons (Fsp3) is 0.500. The Labute approximate surface area is 112 Å². The van der Waals surface area contributed by atoms with E-state index < -0.39 is 5.97 Å². The van der Waals surface area contributed by atoms with Crippen LogP contribution in [0.15, 0.2) is 24.4 Å². The molecule has 0 unspecified atom stereocenters. The minimum atomic E-state index is -0.749. The van der Waals surface area contributed by atoms with Crippen molar-refractivity contribution >= 4 is 17.7 Å². The summed E-state index contributed by atoms with van der Waals surface area (Å²) in [4.78, 5) is 26.7. The van der Waals surface area contributed by atoms with Crippen LogP contribution in [0.5, 0.6) is 0 Å². The van der Waals surface area contributed by atoms with Crippen LogP contribution in [0.1, 0.15) is 32.1 Å². The van der Waals surface area contributed by atoms with Gasteiger partial charge in [-0.05, 0) is 43.7 Å². The highest BCUT2D eigenvalue weighted by molar-refractivity contribution is 5.91. The van der Waals surface area contributed by atoms with Gasteiger partial charge in [-0.2, -0.15) is 0 Å². The second-order valence-electron chi connectivity index (χ2n) is 5.02. The van der Waals surface area contributed by atoms with Crippen LogP contribution >= 0.6 is 0 Å². The van der Waals surface area contributed by atoms with E-state index in [2.05, 4.69) is 10.3 Å². The number of hydrogen-bond donors (Lipinski definition) is 2. The molecule has 1 amide bonds. The molecular formula is C14H18N2O3.